The number of hydrogen-bond donors (Lipinski definition) is 1. The van der Waals surface area contributed by atoms with E-state index in [2.05, 4.69) is 21.2 Å². The Morgan fingerprint density at radius 2 is 2.14 bits per heavy atom. The second kappa shape index (κ2) is 3.95. The maximum atomic E-state index is 13.4. The van der Waals surface area contributed by atoms with Crippen LogP contribution in [-0.4, -0.2) is 6.54 Å². The molecule has 0 amide bonds. The fraction of sp³-hybridized carbons (Fsp3) is 0.400. The van der Waals surface area contributed by atoms with Gasteiger partial charge in [0.1, 0.15) is 0 Å². The van der Waals surface area contributed by atoms with Gasteiger partial charge in [0.15, 0.2) is 11.6 Å². The third kappa shape index (κ3) is 1.81. The number of benzene rings is 1. The summed E-state index contributed by atoms with van der Waals surface area (Å²) in [4.78, 5) is 0. The second-order valence-electron chi connectivity index (χ2n) is 3.44. The van der Waals surface area contributed by atoms with Crippen LogP contribution in [0.3, 0.4) is 0 Å². The average molecular weight is 262 g/mol. The van der Waals surface area contributed by atoms with Gasteiger partial charge in [-0.3, -0.25) is 0 Å². The molecule has 0 spiro atoms. The summed E-state index contributed by atoms with van der Waals surface area (Å²) < 4.78 is 27.0. The van der Waals surface area contributed by atoms with Crippen LogP contribution in [-0.2, 0) is 0 Å². The van der Waals surface area contributed by atoms with Gasteiger partial charge >= 0.3 is 0 Å². The Morgan fingerprint density at radius 1 is 1.36 bits per heavy atom. The van der Waals surface area contributed by atoms with Crippen LogP contribution in [0.2, 0.25) is 0 Å². The van der Waals surface area contributed by atoms with E-state index in [0.29, 0.717) is 10.0 Å². The van der Waals surface area contributed by atoms with Gasteiger partial charge in [-0.05, 0) is 31.5 Å². The lowest BCUT2D eigenvalue weighted by molar-refractivity contribution is 0.480. The number of rotatable bonds is 1. The molecule has 1 N–H and O–H groups in total. The summed E-state index contributed by atoms with van der Waals surface area (Å²) in [6, 6.07) is 2.75. The van der Waals surface area contributed by atoms with Crippen LogP contribution in [0.25, 0.3) is 0 Å². The van der Waals surface area contributed by atoms with Gasteiger partial charge in [0, 0.05) is 16.1 Å². The minimum absolute atomic E-state index is 0.0398. The van der Waals surface area contributed by atoms with Gasteiger partial charge in [0.05, 0.1) is 0 Å². The van der Waals surface area contributed by atoms with E-state index in [1.165, 1.54) is 0 Å². The van der Waals surface area contributed by atoms with Gasteiger partial charge in [-0.25, -0.2) is 8.78 Å². The summed E-state index contributed by atoms with van der Waals surface area (Å²) >= 11 is 3.16. The monoisotopic (exact) mass is 261 g/mol. The van der Waals surface area contributed by atoms with Gasteiger partial charge < -0.3 is 5.32 Å². The van der Waals surface area contributed by atoms with Gasteiger partial charge in [0.2, 0.25) is 0 Å². The molecule has 76 valence electrons. The minimum Gasteiger partial charge on any atom is -0.310 e. The van der Waals surface area contributed by atoms with Crippen molar-refractivity contribution in [2.45, 2.75) is 18.9 Å². The molecule has 14 heavy (non-hydrogen) atoms. The molecule has 0 bridgehead atoms. The van der Waals surface area contributed by atoms with Crippen molar-refractivity contribution in [3.63, 3.8) is 0 Å². The highest BCUT2D eigenvalue weighted by atomic mass is 79.9. The van der Waals surface area contributed by atoms with E-state index in [1.807, 2.05) is 0 Å². The predicted molar refractivity (Wildman–Crippen MR) is 54.0 cm³/mol. The highest BCUT2D eigenvalue weighted by Crippen LogP contribution is 2.29. The smallest absolute Gasteiger partial charge is 0.163 e. The zero-order chi connectivity index (χ0) is 10.1. The SMILES string of the molecule is Fc1cc(Br)cc([C@@H]2CCCN2)c1F. The summed E-state index contributed by atoms with van der Waals surface area (Å²) in [5.74, 6) is -1.52. The first-order valence-corrected chi connectivity index (χ1v) is 5.35. The highest BCUT2D eigenvalue weighted by Gasteiger charge is 2.21. The van der Waals surface area contributed by atoms with Gasteiger partial charge in [-0.15, -0.1) is 0 Å². The zero-order valence-electron chi connectivity index (χ0n) is 7.49. The van der Waals surface area contributed by atoms with E-state index in [1.54, 1.807) is 6.07 Å². The lowest BCUT2D eigenvalue weighted by Gasteiger charge is -2.12. The molecule has 1 aliphatic heterocycles. The first-order valence-electron chi connectivity index (χ1n) is 4.56. The van der Waals surface area contributed by atoms with Gasteiger partial charge in [-0.1, -0.05) is 15.9 Å². The maximum Gasteiger partial charge on any atom is 0.163 e. The number of nitrogens with one attached hydrogen (secondary N) is 1. The van der Waals surface area contributed by atoms with Crippen molar-refractivity contribution in [2.24, 2.45) is 0 Å². The molecule has 0 saturated carbocycles. The Bertz CT molecular complexity index is 348. The molecule has 2 rings (SSSR count). The normalized spacial score (nSPS) is 21.5. The van der Waals surface area contributed by atoms with Crippen LogP contribution < -0.4 is 5.32 Å². The Hall–Kier alpha value is -0.480. The quantitative estimate of drug-likeness (QED) is 0.766. The molecule has 1 fully saturated rings. The van der Waals surface area contributed by atoms with Crippen molar-refractivity contribution >= 4 is 15.9 Å². The molecule has 1 atom stereocenters. The van der Waals surface area contributed by atoms with Crippen LogP contribution in [0, 0.1) is 11.6 Å². The molecule has 0 aromatic heterocycles. The van der Waals surface area contributed by atoms with Crippen LogP contribution in [0.1, 0.15) is 24.4 Å². The third-order valence-corrected chi connectivity index (χ3v) is 2.91. The van der Waals surface area contributed by atoms with Crippen molar-refractivity contribution in [3.05, 3.63) is 33.8 Å². The summed E-state index contributed by atoms with van der Waals surface area (Å²) in [6.07, 6.45) is 1.88. The topological polar surface area (TPSA) is 12.0 Å². The van der Waals surface area contributed by atoms with Crippen molar-refractivity contribution < 1.29 is 8.78 Å². The fourth-order valence-electron chi connectivity index (χ4n) is 1.78. The van der Waals surface area contributed by atoms with Gasteiger partial charge in [0.25, 0.3) is 0 Å². The Kier molecular flexibility index (Phi) is 2.83. The van der Waals surface area contributed by atoms with Crippen LogP contribution in [0.15, 0.2) is 16.6 Å². The second-order valence-corrected chi connectivity index (χ2v) is 4.36. The molecular formula is C10H10BrF2N. The molecule has 0 aliphatic carbocycles. The average Bonchev–Trinajstić information content (AvgIpc) is 2.63. The molecule has 1 nitrogen and oxygen atoms in total. The lowest BCUT2D eigenvalue weighted by atomic mass is 10.0. The van der Waals surface area contributed by atoms with E-state index < -0.39 is 11.6 Å². The van der Waals surface area contributed by atoms with Crippen molar-refractivity contribution in [3.8, 4) is 0 Å². The molecule has 1 saturated heterocycles. The molecule has 1 aromatic carbocycles. The molecule has 0 unspecified atom stereocenters. The molecule has 1 heterocycles. The Morgan fingerprint density at radius 3 is 2.79 bits per heavy atom. The maximum absolute atomic E-state index is 13.4. The predicted octanol–water partition coefficient (Wildman–Crippen LogP) is 3.15. The number of halogens is 3. The van der Waals surface area contributed by atoms with Gasteiger partial charge in [-0.2, -0.15) is 0 Å². The first kappa shape index (κ1) is 10.1. The number of hydrogen-bond acceptors (Lipinski definition) is 1. The standard InChI is InChI=1S/C10H10BrF2N/c11-6-4-7(9-2-1-3-14-9)10(13)8(12)5-6/h4-5,9,14H,1-3H2/t9-/m0/s1. The van der Waals surface area contributed by atoms with E-state index in [9.17, 15) is 8.78 Å². The zero-order valence-corrected chi connectivity index (χ0v) is 9.07. The summed E-state index contributed by atoms with van der Waals surface area (Å²) in [5.41, 5.74) is 0.425. The summed E-state index contributed by atoms with van der Waals surface area (Å²) in [6.45, 7) is 0.873. The Labute approximate surface area is 89.6 Å². The highest BCUT2D eigenvalue weighted by molar-refractivity contribution is 9.10. The summed E-state index contributed by atoms with van der Waals surface area (Å²) in [7, 11) is 0. The van der Waals surface area contributed by atoms with Crippen molar-refractivity contribution in [1.29, 1.82) is 0 Å². The fourth-order valence-corrected chi connectivity index (χ4v) is 2.23. The van der Waals surface area contributed by atoms with E-state index in [4.69, 9.17) is 0 Å². The molecule has 0 radical (unpaired) electrons. The van der Waals surface area contributed by atoms with Crippen molar-refractivity contribution in [2.75, 3.05) is 6.54 Å². The molecule has 1 aromatic rings. The lowest BCUT2D eigenvalue weighted by Crippen LogP contribution is -2.15. The largest absolute Gasteiger partial charge is 0.310 e. The molecule has 4 heteroatoms. The van der Waals surface area contributed by atoms with Crippen molar-refractivity contribution in [1.82, 2.24) is 5.32 Å². The van der Waals surface area contributed by atoms with Crippen LogP contribution in [0.5, 0.6) is 0 Å². The molecule has 1 aliphatic rings. The minimum atomic E-state index is -0.789. The van der Waals surface area contributed by atoms with E-state index >= 15 is 0 Å². The van der Waals surface area contributed by atoms with E-state index in [0.717, 1.165) is 25.5 Å². The Balaban J connectivity index is 2.40. The van der Waals surface area contributed by atoms with E-state index in [-0.39, 0.29) is 6.04 Å². The van der Waals surface area contributed by atoms with Crippen LogP contribution in [0.4, 0.5) is 8.78 Å². The third-order valence-electron chi connectivity index (χ3n) is 2.46. The summed E-state index contributed by atoms with van der Waals surface area (Å²) in [5, 5.41) is 3.14. The first-order chi connectivity index (χ1) is 6.68. The van der Waals surface area contributed by atoms with Crippen LogP contribution >= 0.6 is 15.9 Å². The molecular weight excluding hydrogens is 252 g/mol.